The number of amides is 1. The molecule has 1 aromatic heterocycles. The highest BCUT2D eigenvalue weighted by atomic mass is 16.1. The fourth-order valence-electron chi connectivity index (χ4n) is 2.08. The lowest BCUT2D eigenvalue weighted by atomic mass is 10.1. The molecule has 0 aliphatic rings. The van der Waals surface area contributed by atoms with E-state index >= 15 is 0 Å². The van der Waals surface area contributed by atoms with Crippen LogP contribution in [0.2, 0.25) is 0 Å². The Labute approximate surface area is 108 Å². The van der Waals surface area contributed by atoms with E-state index in [1.165, 1.54) is 0 Å². The van der Waals surface area contributed by atoms with Crippen molar-refractivity contribution in [3.05, 3.63) is 36.0 Å². The van der Waals surface area contributed by atoms with Gasteiger partial charge in [0, 0.05) is 23.3 Å². The molecule has 2 N–H and O–H groups in total. The summed E-state index contributed by atoms with van der Waals surface area (Å²) < 4.78 is 0. The number of unbranched alkanes of at least 4 members (excludes halogenated alkanes) is 1. The maximum Gasteiger partial charge on any atom is 0.251 e. The Morgan fingerprint density at radius 2 is 2.22 bits per heavy atom. The molecule has 0 bridgehead atoms. The summed E-state index contributed by atoms with van der Waals surface area (Å²) in [5, 5.41) is 4.17. The van der Waals surface area contributed by atoms with E-state index in [1.807, 2.05) is 30.5 Å². The van der Waals surface area contributed by atoms with Crippen molar-refractivity contribution in [1.29, 1.82) is 0 Å². The van der Waals surface area contributed by atoms with Crippen LogP contribution in [0.3, 0.4) is 0 Å². The van der Waals surface area contributed by atoms with Crippen LogP contribution in [0.4, 0.5) is 0 Å². The topological polar surface area (TPSA) is 44.9 Å². The number of nitrogens with one attached hydrogen (secondary N) is 2. The zero-order chi connectivity index (χ0) is 13.0. The van der Waals surface area contributed by atoms with Gasteiger partial charge in [-0.2, -0.15) is 0 Å². The number of H-pyrrole nitrogens is 1. The Morgan fingerprint density at radius 3 is 3.00 bits per heavy atom. The summed E-state index contributed by atoms with van der Waals surface area (Å²) in [6.45, 7) is 4.22. The lowest BCUT2D eigenvalue weighted by molar-refractivity contribution is 0.0938. The number of rotatable bonds is 5. The van der Waals surface area contributed by atoms with Crippen LogP contribution in [0.25, 0.3) is 10.9 Å². The summed E-state index contributed by atoms with van der Waals surface area (Å²) in [4.78, 5) is 15.2. The summed E-state index contributed by atoms with van der Waals surface area (Å²) in [5.41, 5.74) is 1.72. The molecule has 1 heterocycles. The molecule has 0 aliphatic carbocycles. The second-order valence-corrected chi connectivity index (χ2v) is 4.80. The lowest BCUT2D eigenvalue weighted by Crippen LogP contribution is -2.32. The fourth-order valence-corrected chi connectivity index (χ4v) is 2.08. The van der Waals surface area contributed by atoms with Gasteiger partial charge < -0.3 is 10.3 Å². The zero-order valence-electron chi connectivity index (χ0n) is 11.0. The second kappa shape index (κ2) is 5.71. The first-order chi connectivity index (χ1) is 8.70. The van der Waals surface area contributed by atoms with Crippen molar-refractivity contribution >= 4 is 16.8 Å². The minimum absolute atomic E-state index is 0.00935. The Balaban J connectivity index is 2.03. The number of carbonyl (C=O) groups excluding carboxylic acids is 1. The second-order valence-electron chi connectivity index (χ2n) is 4.80. The van der Waals surface area contributed by atoms with Crippen LogP contribution in [0.5, 0.6) is 0 Å². The highest BCUT2D eigenvalue weighted by Gasteiger charge is 2.10. The number of fused-ring (bicyclic) bond motifs is 1. The van der Waals surface area contributed by atoms with E-state index in [9.17, 15) is 4.79 Å². The molecule has 0 spiro atoms. The molecule has 3 nitrogen and oxygen atoms in total. The van der Waals surface area contributed by atoms with E-state index in [-0.39, 0.29) is 11.9 Å². The van der Waals surface area contributed by atoms with Gasteiger partial charge in [-0.15, -0.1) is 0 Å². The summed E-state index contributed by atoms with van der Waals surface area (Å²) in [6, 6.07) is 7.98. The van der Waals surface area contributed by atoms with E-state index in [2.05, 4.69) is 24.1 Å². The molecule has 3 heteroatoms. The van der Waals surface area contributed by atoms with E-state index in [1.54, 1.807) is 0 Å². The smallest absolute Gasteiger partial charge is 0.251 e. The van der Waals surface area contributed by atoms with Crippen LogP contribution < -0.4 is 5.32 Å². The van der Waals surface area contributed by atoms with Crippen LogP contribution in [0.15, 0.2) is 30.5 Å². The molecule has 1 aromatic carbocycles. The van der Waals surface area contributed by atoms with Crippen LogP contribution in [0, 0.1) is 0 Å². The molecule has 0 fully saturated rings. The largest absolute Gasteiger partial charge is 0.361 e. The van der Waals surface area contributed by atoms with Crippen molar-refractivity contribution in [2.24, 2.45) is 0 Å². The third kappa shape index (κ3) is 2.92. The molecule has 0 saturated heterocycles. The Kier molecular flexibility index (Phi) is 4.03. The number of aromatic amines is 1. The Morgan fingerprint density at radius 1 is 1.39 bits per heavy atom. The van der Waals surface area contributed by atoms with Gasteiger partial charge in [0.1, 0.15) is 0 Å². The van der Waals surface area contributed by atoms with E-state index < -0.39 is 0 Å². The predicted molar refractivity (Wildman–Crippen MR) is 74.8 cm³/mol. The lowest BCUT2D eigenvalue weighted by Gasteiger charge is -2.13. The van der Waals surface area contributed by atoms with Gasteiger partial charge in [-0.1, -0.05) is 25.8 Å². The quantitative estimate of drug-likeness (QED) is 0.831. The van der Waals surface area contributed by atoms with Gasteiger partial charge >= 0.3 is 0 Å². The average molecular weight is 244 g/mol. The van der Waals surface area contributed by atoms with E-state index in [4.69, 9.17) is 0 Å². The molecule has 96 valence electrons. The monoisotopic (exact) mass is 244 g/mol. The van der Waals surface area contributed by atoms with Gasteiger partial charge in [-0.3, -0.25) is 4.79 Å². The normalized spacial score (nSPS) is 12.6. The average Bonchev–Trinajstić information content (AvgIpc) is 2.83. The van der Waals surface area contributed by atoms with Crippen LogP contribution in [0.1, 0.15) is 43.5 Å². The first-order valence-corrected chi connectivity index (χ1v) is 6.58. The highest BCUT2D eigenvalue weighted by Crippen LogP contribution is 2.14. The van der Waals surface area contributed by atoms with Crippen molar-refractivity contribution in [3.63, 3.8) is 0 Å². The van der Waals surface area contributed by atoms with Crippen LogP contribution in [-0.4, -0.2) is 16.9 Å². The Bertz CT molecular complexity index is 530. The van der Waals surface area contributed by atoms with Gasteiger partial charge in [-0.25, -0.2) is 0 Å². The zero-order valence-corrected chi connectivity index (χ0v) is 11.0. The van der Waals surface area contributed by atoms with E-state index in [0.717, 1.165) is 30.2 Å². The highest BCUT2D eigenvalue weighted by molar-refractivity contribution is 5.98. The number of aromatic nitrogens is 1. The van der Waals surface area contributed by atoms with E-state index in [0.29, 0.717) is 5.56 Å². The molecule has 1 amide bonds. The fraction of sp³-hybridized carbons (Fsp3) is 0.400. The van der Waals surface area contributed by atoms with Gasteiger partial charge in [0.15, 0.2) is 0 Å². The molecule has 2 rings (SSSR count). The minimum Gasteiger partial charge on any atom is -0.361 e. The van der Waals surface area contributed by atoms with Gasteiger partial charge in [0.05, 0.1) is 0 Å². The van der Waals surface area contributed by atoms with Gasteiger partial charge in [-0.05, 0) is 36.9 Å². The van der Waals surface area contributed by atoms with Crippen molar-refractivity contribution in [1.82, 2.24) is 10.3 Å². The van der Waals surface area contributed by atoms with Crippen LogP contribution >= 0.6 is 0 Å². The molecule has 1 unspecified atom stereocenters. The maximum atomic E-state index is 12.1. The number of carbonyl (C=O) groups is 1. The summed E-state index contributed by atoms with van der Waals surface area (Å²) in [7, 11) is 0. The molecule has 0 saturated carbocycles. The maximum absolute atomic E-state index is 12.1. The van der Waals surface area contributed by atoms with Crippen molar-refractivity contribution in [2.75, 3.05) is 0 Å². The molecule has 2 aromatic rings. The molecular weight excluding hydrogens is 224 g/mol. The Hall–Kier alpha value is -1.77. The molecule has 0 aliphatic heterocycles. The first-order valence-electron chi connectivity index (χ1n) is 6.58. The number of benzene rings is 1. The molecule has 18 heavy (non-hydrogen) atoms. The third-order valence-electron chi connectivity index (χ3n) is 3.19. The van der Waals surface area contributed by atoms with Crippen molar-refractivity contribution in [3.8, 4) is 0 Å². The van der Waals surface area contributed by atoms with Gasteiger partial charge in [0.2, 0.25) is 0 Å². The number of hydrogen-bond donors (Lipinski definition) is 2. The van der Waals surface area contributed by atoms with Gasteiger partial charge in [0.25, 0.3) is 5.91 Å². The molecule has 0 radical (unpaired) electrons. The van der Waals surface area contributed by atoms with Crippen LogP contribution in [-0.2, 0) is 0 Å². The van der Waals surface area contributed by atoms with Crippen molar-refractivity contribution in [2.45, 2.75) is 39.2 Å². The minimum atomic E-state index is 0.00935. The first kappa shape index (κ1) is 12.7. The summed E-state index contributed by atoms with van der Waals surface area (Å²) in [6.07, 6.45) is 5.23. The number of hydrogen-bond acceptors (Lipinski definition) is 1. The summed E-state index contributed by atoms with van der Waals surface area (Å²) >= 11 is 0. The predicted octanol–water partition coefficient (Wildman–Crippen LogP) is 3.48. The molecular formula is C15H20N2O. The SMILES string of the molecule is CCCCC(C)NC(=O)c1ccc2cc[nH]c2c1. The third-order valence-corrected chi connectivity index (χ3v) is 3.19. The van der Waals surface area contributed by atoms with Crippen molar-refractivity contribution < 1.29 is 4.79 Å². The summed E-state index contributed by atoms with van der Waals surface area (Å²) in [5.74, 6) is 0.00935. The molecule has 1 atom stereocenters. The standard InChI is InChI=1S/C15H20N2O/c1-3-4-5-11(2)17-15(18)13-7-6-12-8-9-16-14(12)10-13/h6-11,16H,3-5H2,1-2H3,(H,17,18).